The van der Waals surface area contributed by atoms with Gasteiger partial charge in [0, 0.05) is 16.5 Å². The fourth-order valence-corrected chi connectivity index (χ4v) is 2.65. The molecule has 2 rings (SSSR count). The van der Waals surface area contributed by atoms with Crippen LogP contribution in [0.4, 0.5) is 0 Å². The molecule has 0 saturated heterocycles. The minimum Gasteiger partial charge on any atom is -0.476 e. The highest BCUT2D eigenvalue weighted by molar-refractivity contribution is 7.09. The number of rotatable bonds is 3. The number of hydrogen-bond donors (Lipinski definition) is 1. The molecule has 1 N–H and O–H groups in total. The highest BCUT2D eigenvalue weighted by Crippen LogP contribution is 2.31. The number of carbonyl (C=O) groups excluding carboxylic acids is 2. The van der Waals surface area contributed by atoms with Gasteiger partial charge in [-0.05, 0) is 20.8 Å². The van der Waals surface area contributed by atoms with Crippen molar-refractivity contribution in [3.8, 4) is 0 Å². The summed E-state index contributed by atoms with van der Waals surface area (Å²) in [4.78, 5) is 39.8. The minimum atomic E-state index is -1.13. The third kappa shape index (κ3) is 2.06. The summed E-state index contributed by atoms with van der Waals surface area (Å²) in [6, 6.07) is -0.564. The van der Waals surface area contributed by atoms with Crippen molar-refractivity contribution in [1.29, 1.82) is 0 Å². The molecular formula is C12H12N2O4S. The van der Waals surface area contributed by atoms with Crippen LogP contribution in [0, 0.1) is 0 Å². The summed E-state index contributed by atoms with van der Waals surface area (Å²) < 4.78 is 0. The van der Waals surface area contributed by atoms with E-state index >= 15 is 0 Å². The summed E-state index contributed by atoms with van der Waals surface area (Å²) in [5.41, 5.74) is 0.770. The Bertz CT molecular complexity index is 593. The van der Waals surface area contributed by atoms with Crippen LogP contribution in [0.2, 0.25) is 0 Å². The van der Waals surface area contributed by atoms with Crippen molar-refractivity contribution in [2.75, 3.05) is 0 Å². The maximum atomic E-state index is 12.0. The lowest BCUT2D eigenvalue weighted by atomic mass is 10.2. The van der Waals surface area contributed by atoms with Crippen LogP contribution in [0.25, 0.3) is 0 Å². The average Bonchev–Trinajstić information content (AvgIpc) is 2.91. The van der Waals surface area contributed by atoms with Crippen molar-refractivity contribution in [1.82, 2.24) is 9.88 Å². The first kappa shape index (κ1) is 13.4. The monoisotopic (exact) mass is 280 g/mol. The second-order valence-electron chi connectivity index (χ2n) is 4.28. The van der Waals surface area contributed by atoms with Crippen LogP contribution in [0.5, 0.6) is 0 Å². The molecule has 0 aliphatic carbocycles. The molecule has 100 valence electrons. The molecule has 0 saturated carbocycles. The number of amides is 2. The molecule has 6 nitrogen and oxygen atoms in total. The molecule has 1 aromatic heterocycles. The van der Waals surface area contributed by atoms with Gasteiger partial charge < -0.3 is 5.11 Å². The molecule has 0 aromatic carbocycles. The van der Waals surface area contributed by atoms with E-state index in [1.807, 2.05) is 0 Å². The van der Waals surface area contributed by atoms with Gasteiger partial charge >= 0.3 is 5.97 Å². The maximum Gasteiger partial charge on any atom is 0.355 e. The molecule has 0 fully saturated rings. The number of carboxylic acids is 1. The lowest BCUT2D eigenvalue weighted by Crippen LogP contribution is -2.34. The predicted octanol–water partition coefficient (Wildman–Crippen LogP) is 1.61. The molecule has 1 aliphatic heterocycles. The number of aromatic nitrogens is 1. The maximum absolute atomic E-state index is 12.0. The highest BCUT2D eigenvalue weighted by atomic mass is 32.1. The number of aromatic carboxylic acids is 1. The van der Waals surface area contributed by atoms with Crippen LogP contribution in [0.15, 0.2) is 16.5 Å². The zero-order chi connectivity index (χ0) is 14.3. The molecule has 0 radical (unpaired) electrons. The zero-order valence-corrected chi connectivity index (χ0v) is 11.4. The lowest BCUT2D eigenvalue weighted by Gasteiger charge is -2.21. The molecule has 2 heterocycles. The van der Waals surface area contributed by atoms with Gasteiger partial charge in [0.2, 0.25) is 0 Å². The first-order valence-electron chi connectivity index (χ1n) is 5.58. The Hall–Kier alpha value is -2.02. The summed E-state index contributed by atoms with van der Waals surface area (Å²) in [5, 5.41) is 10.6. The Balaban J connectivity index is 2.30. The van der Waals surface area contributed by atoms with Crippen molar-refractivity contribution >= 4 is 29.1 Å². The number of thiazole rings is 1. The van der Waals surface area contributed by atoms with Crippen LogP contribution in [-0.2, 0) is 9.59 Å². The normalized spacial score (nSPS) is 17.3. The molecule has 1 atom stereocenters. The van der Waals surface area contributed by atoms with Gasteiger partial charge in [0.1, 0.15) is 5.01 Å². The summed E-state index contributed by atoms with van der Waals surface area (Å²) >= 11 is 1.12. The van der Waals surface area contributed by atoms with Crippen molar-refractivity contribution in [2.24, 2.45) is 0 Å². The van der Waals surface area contributed by atoms with Crippen LogP contribution in [0.1, 0.15) is 42.3 Å². The Morgan fingerprint density at radius 2 is 1.84 bits per heavy atom. The molecule has 1 aromatic rings. The van der Waals surface area contributed by atoms with Gasteiger partial charge in [-0.2, -0.15) is 0 Å². The second kappa shape index (κ2) is 4.58. The zero-order valence-electron chi connectivity index (χ0n) is 10.6. The predicted molar refractivity (Wildman–Crippen MR) is 67.7 cm³/mol. The number of hydrogen-bond acceptors (Lipinski definition) is 5. The van der Waals surface area contributed by atoms with Crippen LogP contribution in [0.3, 0.4) is 0 Å². The molecule has 2 amide bonds. The topological polar surface area (TPSA) is 87.6 Å². The van der Waals surface area contributed by atoms with Crippen molar-refractivity contribution in [3.05, 3.63) is 27.2 Å². The largest absolute Gasteiger partial charge is 0.476 e. The first-order chi connectivity index (χ1) is 8.84. The van der Waals surface area contributed by atoms with Crippen molar-refractivity contribution < 1.29 is 19.5 Å². The van der Waals surface area contributed by atoms with E-state index in [4.69, 9.17) is 5.11 Å². The third-order valence-electron chi connectivity index (χ3n) is 3.13. The number of imide groups is 1. The number of carboxylic acid groups (broad SMARTS) is 1. The fraction of sp³-hybridized carbons (Fsp3) is 0.333. The van der Waals surface area contributed by atoms with Gasteiger partial charge in [-0.25, -0.2) is 9.78 Å². The van der Waals surface area contributed by atoms with E-state index in [0.29, 0.717) is 16.2 Å². The summed E-state index contributed by atoms with van der Waals surface area (Å²) in [7, 11) is 0. The number of nitrogens with zero attached hydrogens (tertiary/aromatic N) is 2. The Labute approximate surface area is 113 Å². The van der Waals surface area contributed by atoms with E-state index < -0.39 is 12.0 Å². The lowest BCUT2D eigenvalue weighted by molar-refractivity contribution is -0.140. The summed E-state index contributed by atoms with van der Waals surface area (Å²) in [5.74, 6) is -1.82. The van der Waals surface area contributed by atoms with Crippen LogP contribution >= 0.6 is 11.3 Å². The smallest absolute Gasteiger partial charge is 0.355 e. The van der Waals surface area contributed by atoms with Gasteiger partial charge in [-0.1, -0.05) is 0 Å². The molecular weight excluding hydrogens is 268 g/mol. The summed E-state index contributed by atoms with van der Waals surface area (Å²) in [6.07, 6.45) is 0. The molecule has 0 bridgehead atoms. The van der Waals surface area contributed by atoms with Crippen molar-refractivity contribution in [2.45, 2.75) is 26.8 Å². The first-order valence-corrected chi connectivity index (χ1v) is 6.46. The van der Waals surface area contributed by atoms with Gasteiger partial charge in [0.15, 0.2) is 5.69 Å². The Morgan fingerprint density at radius 1 is 1.32 bits per heavy atom. The quantitative estimate of drug-likeness (QED) is 0.850. The second-order valence-corrected chi connectivity index (χ2v) is 5.17. The molecule has 1 aliphatic rings. The third-order valence-corrected chi connectivity index (χ3v) is 4.14. The van der Waals surface area contributed by atoms with E-state index in [0.717, 1.165) is 16.2 Å². The van der Waals surface area contributed by atoms with Gasteiger partial charge in [0.25, 0.3) is 11.8 Å². The molecule has 1 unspecified atom stereocenters. The summed E-state index contributed by atoms with van der Waals surface area (Å²) in [6.45, 7) is 4.87. The van der Waals surface area contributed by atoms with E-state index in [1.54, 1.807) is 20.8 Å². The standard InChI is InChI=1S/C12H12N2O4S/c1-5-6(2)11(16)14(10(5)15)7(3)9-13-8(4-19-9)12(17)18/h4,7H,1-3H3,(H,17,18). The number of carbonyl (C=O) groups is 3. The van der Waals surface area contributed by atoms with E-state index in [9.17, 15) is 14.4 Å². The molecule has 19 heavy (non-hydrogen) atoms. The van der Waals surface area contributed by atoms with Crippen LogP contribution < -0.4 is 0 Å². The van der Waals surface area contributed by atoms with E-state index in [2.05, 4.69) is 4.98 Å². The molecule has 0 spiro atoms. The van der Waals surface area contributed by atoms with Gasteiger partial charge in [0.05, 0.1) is 6.04 Å². The average molecular weight is 280 g/mol. The molecule has 7 heteroatoms. The Kier molecular flexibility index (Phi) is 3.23. The van der Waals surface area contributed by atoms with Gasteiger partial charge in [-0.3, -0.25) is 14.5 Å². The van der Waals surface area contributed by atoms with Crippen LogP contribution in [-0.4, -0.2) is 32.8 Å². The SMILES string of the molecule is CC1=C(C)C(=O)N(C(C)c2nc(C(=O)O)cs2)C1=O. The van der Waals surface area contributed by atoms with Gasteiger partial charge in [-0.15, -0.1) is 11.3 Å². The Morgan fingerprint density at radius 3 is 2.26 bits per heavy atom. The van der Waals surface area contributed by atoms with E-state index in [1.165, 1.54) is 5.38 Å². The van der Waals surface area contributed by atoms with Crippen molar-refractivity contribution in [3.63, 3.8) is 0 Å². The minimum absolute atomic E-state index is 0.0765. The van der Waals surface area contributed by atoms with E-state index in [-0.39, 0.29) is 17.5 Å². The highest BCUT2D eigenvalue weighted by Gasteiger charge is 2.38. The fourth-order valence-electron chi connectivity index (χ4n) is 1.81.